The van der Waals surface area contributed by atoms with Crippen LogP contribution in [-0.2, 0) is 0 Å². The molecular weight excluding hydrogens is 248 g/mol. The minimum Gasteiger partial charge on any atom is -0.398 e. The lowest BCUT2D eigenvalue weighted by atomic mass is 10.1. The molecule has 4 nitrogen and oxygen atoms in total. The molecule has 1 fully saturated rings. The fourth-order valence-corrected chi connectivity index (χ4v) is 3.29. The van der Waals surface area contributed by atoms with E-state index in [1.54, 1.807) is 6.20 Å². The van der Waals surface area contributed by atoms with Crippen molar-refractivity contribution in [3.63, 3.8) is 0 Å². The highest BCUT2D eigenvalue weighted by Crippen LogP contribution is 2.34. The van der Waals surface area contributed by atoms with Crippen molar-refractivity contribution >= 4 is 22.1 Å². The first-order chi connectivity index (χ1) is 9.58. The van der Waals surface area contributed by atoms with Crippen LogP contribution in [0, 0.1) is 5.92 Å². The molecule has 0 radical (unpaired) electrons. The van der Waals surface area contributed by atoms with Gasteiger partial charge in [-0.05, 0) is 38.2 Å². The van der Waals surface area contributed by atoms with Gasteiger partial charge in [0.1, 0.15) is 0 Å². The summed E-state index contributed by atoms with van der Waals surface area (Å²) in [4.78, 5) is 9.05. The van der Waals surface area contributed by atoms with Crippen LogP contribution in [0.15, 0.2) is 30.6 Å². The van der Waals surface area contributed by atoms with Crippen molar-refractivity contribution in [1.29, 1.82) is 0 Å². The molecule has 2 aromatic rings. The van der Waals surface area contributed by atoms with Crippen molar-refractivity contribution in [3.8, 4) is 0 Å². The van der Waals surface area contributed by atoms with E-state index in [-0.39, 0.29) is 0 Å². The highest BCUT2D eigenvalue weighted by molar-refractivity contribution is 6.00. The number of anilines is 2. The Hall–Kier alpha value is -1.81. The van der Waals surface area contributed by atoms with E-state index in [0.717, 1.165) is 29.5 Å². The van der Waals surface area contributed by atoms with Crippen molar-refractivity contribution in [3.05, 3.63) is 30.6 Å². The summed E-state index contributed by atoms with van der Waals surface area (Å²) in [7, 11) is 4.32. The molecule has 0 amide bonds. The van der Waals surface area contributed by atoms with Crippen molar-refractivity contribution < 1.29 is 0 Å². The zero-order chi connectivity index (χ0) is 14.3. The second-order valence-electron chi connectivity index (χ2n) is 6.01. The van der Waals surface area contributed by atoms with Gasteiger partial charge in [0.25, 0.3) is 0 Å². The van der Waals surface area contributed by atoms with Gasteiger partial charge in [-0.25, -0.2) is 0 Å². The second kappa shape index (κ2) is 4.94. The molecule has 1 aromatic carbocycles. The number of nitrogen functional groups attached to an aromatic ring is 1. The smallest absolute Gasteiger partial charge is 0.0463 e. The molecule has 2 heterocycles. The monoisotopic (exact) mass is 270 g/mol. The van der Waals surface area contributed by atoms with E-state index < -0.39 is 0 Å². The summed E-state index contributed by atoms with van der Waals surface area (Å²) in [6, 6.07) is 6.73. The number of hydrogen-bond acceptors (Lipinski definition) is 4. The van der Waals surface area contributed by atoms with Crippen molar-refractivity contribution in [2.45, 2.75) is 13.0 Å². The molecule has 1 saturated heterocycles. The third-order valence-electron chi connectivity index (χ3n) is 4.41. The SMILES string of the molecule is CC1CN(c2ccc(N)c3ccncc23)CC1N(C)C. The Morgan fingerprint density at radius 2 is 2.00 bits per heavy atom. The van der Waals surface area contributed by atoms with Crippen LogP contribution in [0.5, 0.6) is 0 Å². The van der Waals surface area contributed by atoms with Crippen LogP contribution in [0.1, 0.15) is 6.92 Å². The summed E-state index contributed by atoms with van der Waals surface area (Å²) >= 11 is 0. The molecule has 106 valence electrons. The van der Waals surface area contributed by atoms with Gasteiger partial charge in [0, 0.05) is 53.7 Å². The zero-order valence-corrected chi connectivity index (χ0v) is 12.4. The standard InChI is InChI=1S/C16H22N4/c1-11-9-20(10-16(11)19(2)3)15-5-4-14(17)12-6-7-18-8-13(12)15/h4-8,11,16H,9-10,17H2,1-3H3. The van der Waals surface area contributed by atoms with Crippen molar-refractivity contribution in [1.82, 2.24) is 9.88 Å². The number of benzene rings is 1. The predicted octanol–water partition coefficient (Wildman–Crippen LogP) is 2.20. The first-order valence-corrected chi connectivity index (χ1v) is 7.11. The Kier molecular flexibility index (Phi) is 3.26. The molecule has 2 atom stereocenters. The summed E-state index contributed by atoms with van der Waals surface area (Å²) in [6.07, 6.45) is 3.73. The van der Waals surface area contributed by atoms with Crippen molar-refractivity contribution in [2.75, 3.05) is 37.8 Å². The Morgan fingerprint density at radius 3 is 2.70 bits per heavy atom. The van der Waals surface area contributed by atoms with E-state index in [4.69, 9.17) is 5.73 Å². The largest absolute Gasteiger partial charge is 0.398 e. The van der Waals surface area contributed by atoms with E-state index >= 15 is 0 Å². The minimum absolute atomic E-state index is 0.597. The molecule has 1 aliphatic rings. The lowest BCUT2D eigenvalue weighted by Crippen LogP contribution is -2.34. The van der Waals surface area contributed by atoms with E-state index in [9.17, 15) is 0 Å². The zero-order valence-electron chi connectivity index (χ0n) is 12.4. The molecule has 0 aliphatic carbocycles. The van der Waals surface area contributed by atoms with Crippen molar-refractivity contribution in [2.24, 2.45) is 5.92 Å². The number of hydrogen-bond donors (Lipinski definition) is 1. The molecule has 2 unspecified atom stereocenters. The van der Waals surface area contributed by atoms with Gasteiger partial charge in [-0.15, -0.1) is 0 Å². The topological polar surface area (TPSA) is 45.4 Å². The number of pyridine rings is 1. The predicted molar refractivity (Wildman–Crippen MR) is 85.0 cm³/mol. The van der Waals surface area contributed by atoms with E-state index in [0.29, 0.717) is 12.0 Å². The fourth-order valence-electron chi connectivity index (χ4n) is 3.29. The van der Waals surface area contributed by atoms with Crippen LogP contribution >= 0.6 is 0 Å². The van der Waals surface area contributed by atoms with Gasteiger partial charge < -0.3 is 15.5 Å². The lowest BCUT2D eigenvalue weighted by Gasteiger charge is -2.23. The molecule has 3 rings (SSSR count). The average molecular weight is 270 g/mol. The van der Waals surface area contributed by atoms with Gasteiger partial charge in [0.2, 0.25) is 0 Å². The van der Waals surface area contributed by atoms with Gasteiger partial charge >= 0.3 is 0 Å². The summed E-state index contributed by atoms with van der Waals surface area (Å²) in [5, 5.41) is 2.25. The molecule has 4 heteroatoms. The Morgan fingerprint density at radius 1 is 1.20 bits per heavy atom. The maximum Gasteiger partial charge on any atom is 0.0463 e. The van der Waals surface area contributed by atoms with Crippen LogP contribution < -0.4 is 10.6 Å². The van der Waals surface area contributed by atoms with E-state index in [2.05, 4.69) is 41.9 Å². The average Bonchev–Trinajstić information content (AvgIpc) is 2.81. The molecule has 1 aromatic heterocycles. The highest BCUT2D eigenvalue weighted by atomic mass is 15.2. The number of likely N-dealkylation sites (N-methyl/N-ethyl adjacent to an activating group) is 1. The Labute approximate surface area is 120 Å². The summed E-state index contributed by atoms with van der Waals surface area (Å²) in [5.41, 5.74) is 8.14. The maximum atomic E-state index is 6.07. The number of fused-ring (bicyclic) bond motifs is 1. The maximum absolute atomic E-state index is 6.07. The van der Waals surface area contributed by atoms with Gasteiger partial charge in [0.15, 0.2) is 0 Å². The Bertz CT molecular complexity index is 623. The summed E-state index contributed by atoms with van der Waals surface area (Å²) in [5.74, 6) is 0.661. The van der Waals surface area contributed by atoms with E-state index in [1.165, 1.54) is 5.69 Å². The molecular formula is C16H22N4. The molecule has 0 saturated carbocycles. The summed E-state index contributed by atoms with van der Waals surface area (Å²) in [6.45, 7) is 4.46. The number of rotatable bonds is 2. The van der Waals surface area contributed by atoms with Crippen LogP contribution in [0.3, 0.4) is 0 Å². The molecule has 0 spiro atoms. The highest BCUT2D eigenvalue weighted by Gasteiger charge is 2.31. The normalized spacial score (nSPS) is 22.9. The van der Waals surface area contributed by atoms with Crippen LogP contribution in [-0.4, -0.2) is 43.1 Å². The second-order valence-corrected chi connectivity index (χ2v) is 6.01. The minimum atomic E-state index is 0.597. The van der Waals surface area contributed by atoms with Gasteiger partial charge in [-0.2, -0.15) is 0 Å². The van der Waals surface area contributed by atoms with Gasteiger partial charge in [-0.3, -0.25) is 4.98 Å². The number of nitrogens with two attached hydrogens (primary N) is 1. The van der Waals surface area contributed by atoms with Gasteiger partial charge in [0.05, 0.1) is 0 Å². The molecule has 0 bridgehead atoms. The summed E-state index contributed by atoms with van der Waals surface area (Å²) < 4.78 is 0. The molecule has 2 N–H and O–H groups in total. The van der Waals surface area contributed by atoms with Gasteiger partial charge in [-0.1, -0.05) is 6.92 Å². The van der Waals surface area contributed by atoms with Crippen LogP contribution in [0.25, 0.3) is 10.8 Å². The quantitative estimate of drug-likeness (QED) is 0.850. The third-order valence-corrected chi connectivity index (χ3v) is 4.41. The fraction of sp³-hybridized carbons (Fsp3) is 0.438. The first kappa shape index (κ1) is 13.2. The molecule has 20 heavy (non-hydrogen) atoms. The van der Waals surface area contributed by atoms with Crippen LogP contribution in [0.4, 0.5) is 11.4 Å². The Balaban J connectivity index is 2.02. The number of nitrogens with zero attached hydrogens (tertiary/aromatic N) is 3. The lowest BCUT2D eigenvalue weighted by molar-refractivity contribution is 0.266. The van der Waals surface area contributed by atoms with E-state index in [1.807, 2.05) is 18.3 Å². The third kappa shape index (κ3) is 2.10. The number of aromatic nitrogens is 1. The first-order valence-electron chi connectivity index (χ1n) is 7.11. The molecule has 1 aliphatic heterocycles. The van der Waals surface area contributed by atoms with Crippen LogP contribution in [0.2, 0.25) is 0 Å².